The largest absolute Gasteiger partial charge is 0.507 e. The van der Waals surface area contributed by atoms with Gasteiger partial charge >= 0.3 is 0 Å². The van der Waals surface area contributed by atoms with Crippen LogP contribution < -0.4 is 0 Å². The fraction of sp³-hybridized carbons (Fsp3) is 0.172. The number of aromatic hydroxyl groups is 1. The third-order valence-corrected chi connectivity index (χ3v) is 11.7. The summed E-state index contributed by atoms with van der Waals surface area (Å²) in [4.78, 5) is 10.2. The highest BCUT2D eigenvalue weighted by Gasteiger charge is 2.23. The minimum Gasteiger partial charge on any atom is -0.507 e. The highest BCUT2D eigenvalue weighted by atomic mass is 16.3. The molecule has 0 amide bonds. The average molecular weight is 814 g/mol. The molecule has 306 valence electrons. The molecule has 2 aromatic heterocycles. The van der Waals surface area contributed by atoms with Gasteiger partial charge in [0.15, 0.2) is 0 Å². The van der Waals surface area contributed by atoms with Crippen LogP contribution in [0, 0.1) is 6.85 Å². The summed E-state index contributed by atoms with van der Waals surface area (Å²) in [6.07, 6.45) is 1.82. The molecule has 0 aliphatic rings. The van der Waals surface area contributed by atoms with E-state index in [0.29, 0.717) is 50.4 Å². The SMILES string of the molecule is [2H]C([2H])([2H])c1cc(-c2c(C([2H])(C)C)cccc2C([2H])(C)C)ccc1-n1c(-c2ccccc2O)nc2c(-c3cc(-c4ccccc4)cc(-c4cc(-c5ccc(C([2H])(C)C)cc5)ccn4)c3)cccc21. The lowest BCUT2D eigenvalue weighted by molar-refractivity contribution is 0.477. The van der Waals surface area contributed by atoms with Gasteiger partial charge < -0.3 is 5.11 Å². The van der Waals surface area contributed by atoms with E-state index in [1.807, 2.05) is 122 Å². The summed E-state index contributed by atoms with van der Waals surface area (Å²) >= 11 is 0. The van der Waals surface area contributed by atoms with E-state index >= 15 is 0 Å². The number of phenolic OH excluding ortho intramolecular Hbond substituents is 1. The molecule has 0 spiro atoms. The monoisotopic (exact) mass is 813 g/mol. The molecule has 62 heavy (non-hydrogen) atoms. The maximum Gasteiger partial charge on any atom is 0.149 e. The fourth-order valence-corrected chi connectivity index (χ4v) is 8.49. The molecule has 4 nitrogen and oxygen atoms in total. The summed E-state index contributed by atoms with van der Waals surface area (Å²) in [5.41, 5.74) is 13.0. The summed E-state index contributed by atoms with van der Waals surface area (Å²) in [6.45, 7) is 8.35. The topological polar surface area (TPSA) is 50.9 Å². The molecule has 0 saturated heterocycles. The van der Waals surface area contributed by atoms with E-state index in [2.05, 4.69) is 36.4 Å². The number of hydrogen-bond donors (Lipinski definition) is 1. The second-order valence-electron chi connectivity index (χ2n) is 16.6. The van der Waals surface area contributed by atoms with Crippen molar-refractivity contribution in [3.63, 3.8) is 0 Å². The van der Waals surface area contributed by atoms with Gasteiger partial charge in [0.1, 0.15) is 11.6 Å². The van der Waals surface area contributed by atoms with E-state index in [9.17, 15) is 5.11 Å². The number of phenols is 1. The Morgan fingerprint density at radius 1 is 0.532 bits per heavy atom. The molecule has 0 atom stereocenters. The molecule has 0 unspecified atom stereocenters. The molecule has 7 aromatic carbocycles. The maximum atomic E-state index is 11.4. The summed E-state index contributed by atoms with van der Waals surface area (Å²) < 4.78 is 55.5. The van der Waals surface area contributed by atoms with E-state index in [-0.39, 0.29) is 11.3 Å². The van der Waals surface area contributed by atoms with Crippen molar-refractivity contribution < 1.29 is 13.3 Å². The Hall–Kier alpha value is -7.04. The third kappa shape index (κ3) is 7.62. The highest BCUT2D eigenvalue weighted by molar-refractivity contribution is 5.98. The molecule has 2 heterocycles. The summed E-state index contributed by atoms with van der Waals surface area (Å²) in [7, 11) is 0. The Bertz CT molecular complexity index is 3300. The first-order valence-corrected chi connectivity index (χ1v) is 21.0. The van der Waals surface area contributed by atoms with E-state index in [1.165, 1.54) is 0 Å². The Balaban J connectivity index is 1.28. The van der Waals surface area contributed by atoms with Crippen molar-refractivity contribution in [2.24, 2.45) is 0 Å². The van der Waals surface area contributed by atoms with Gasteiger partial charge in [0.25, 0.3) is 0 Å². The van der Waals surface area contributed by atoms with Gasteiger partial charge in [-0.05, 0) is 146 Å². The summed E-state index contributed by atoms with van der Waals surface area (Å²) in [5.74, 6) is -2.46. The predicted octanol–water partition coefficient (Wildman–Crippen LogP) is 15.8. The van der Waals surface area contributed by atoms with Gasteiger partial charge in [-0.25, -0.2) is 4.98 Å². The number of imidazole rings is 1. The van der Waals surface area contributed by atoms with Crippen LogP contribution in [0.4, 0.5) is 0 Å². The van der Waals surface area contributed by atoms with Crippen LogP contribution in [0.25, 0.3) is 83.9 Å². The van der Waals surface area contributed by atoms with Gasteiger partial charge in [-0.3, -0.25) is 9.55 Å². The van der Waals surface area contributed by atoms with Crippen LogP contribution in [-0.2, 0) is 0 Å². The molecule has 0 fully saturated rings. The lowest BCUT2D eigenvalue weighted by atomic mass is 9.84. The predicted molar refractivity (Wildman–Crippen MR) is 260 cm³/mol. The van der Waals surface area contributed by atoms with Crippen molar-refractivity contribution in [3.05, 3.63) is 192 Å². The zero-order valence-corrected chi connectivity index (χ0v) is 36.0. The first-order chi connectivity index (χ1) is 32.2. The number of pyridine rings is 1. The first-order valence-electron chi connectivity index (χ1n) is 24.0. The smallest absolute Gasteiger partial charge is 0.149 e. The minimum atomic E-state index is -2.61. The second kappa shape index (κ2) is 16.8. The van der Waals surface area contributed by atoms with Crippen LogP contribution >= 0.6 is 0 Å². The molecule has 9 rings (SSSR count). The lowest BCUT2D eigenvalue weighted by Gasteiger charge is -2.21. The van der Waals surface area contributed by atoms with Crippen LogP contribution in [0.2, 0.25) is 0 Å². The van der Waals surface area contributed by atoms with Crippen molar-refractivity contribution in [1.82, 2.24) is 14.5 Å². The van der Waals surface area contributed by atoms with Crippen LogP contribution in [0.5, 0.6) is 5.75 Å². The zero-order chi connectivity index (χ0) is 48.3. The maximum absolute atomic E-state index is 11.4. The fourth-order valence-electron chi connectivity index (χ4n) is 8.49. The number of nitrogens with zero attached hydrogens (tertiary/aromatic N) is 3. The van der Waals surface area contributed by atoms with Gasteiger partial charge in [-0.2, -0.15) is 0 Å². The van der Waals surface area contributed by atoms with Crippen LogP contribution in [0.1, 0.15) is 89.7 Å². The number of fused-ring (bicyclic) bond motifs is 1. The molecule has 0 aliphatic heterocycles. The van der Waals surface area contributed by atoms with Gasteiger partial charge in [-0.15, -0.1) is 0 Å². The summed E-state index contributed by atoms with van der Waals surface area (Å²) in [5, 5.41) is 11.4. The first kappa shape index (κ1) is 33.7. The number of rotatable bonds is 10. The molecule has 1 N–H and O–H groups in total. The third-order valence-electron chi connectivity index (χ3n) is 11.7. The molecule has 4 heteroatoms. The van der Waals surface area contributed by atoms with Gasteiger partial charge in [-0.1, -0.05) is 145 Å². The van der Waals surface area contributed by atoms with E-state index in [1.54, 1.807) is 58.0 Å². The van der Waals surface area contributed by atoms with Gasteiger partial charge in [0.2, 0.25) is 0 Å². The normalized spacial score (nSPS) is 13.8. The molecular weight excluding hydrogens is 755 g/mol. The van der Waals surface area contributed by atoms with Crippen LogP contribution in [-0.4, -0.2) is 19.6 Å². The van der Waals surface area contributed by atoms with E-state index < -0.39 is 24.5 Å². The molecular formula is C58H53N3O. The minimum absolute atomic E-state index is 0.0102. The Kier molecular flexibility index (Phi) is 9.11. The Morgan fingerprint density at radius 2 is 1.18 bits per heavy atom. The molecule has 0 bridgehead atoms. The van der Waals surface area contributed by atoms with Gasteiger partial charge in [0.05, 0.1) is 28.0 Å². The highest BCUT2D eigenvalue weighted by Crippen LogP contribution is 2.42. The molecule has 0 aliphatic carbocycles. The average Bonchev–Trinajstić information content (AvgIpc) is 3.70. The van der Waals surface area contributed by atoms with Crippen LogP contribution in [0.15, 0.2) is 170 Å². The van der Waals surface area contributed by atoms with Crippen molar-refractivity contribution in [3.8, 4) is 78.6 Å². The Labute approximate surface area is 374 Å². The van der Waals surface area contributed by atoms with Crippen molar-refractivity contribution in [1.29, 1.82) is 0 Å². The molecule has 9 aromatic rings. The second-order valence-corrected chi connectivity index (χ2v) is 16.6. The lowest BCUT2D eigenvalue weighted by Crippen LogP contribution is -2.03. The number of aromatic nitrogens is 3. The quantitative estimate of drug-likeness (QED) is 0.150. The molecule has 0 radical (unpaired) electrons. The van der Waals surface area contributed by atoms with Gasteiger partial charge in [0, 0.05) is 25.5 Å². The van der Waals surface area contributed by atoms with Crippen LogP contribution in [0.3, 0.4) is 0 Å². The number of para-hydroxylation sites is 2. The summed E-state index contributed by atoms with van der Waals surface area (Å²) in [6, 6.07) is 52.5. The number of hydrogen-bond acceptors (Lipinski definition) is 3. The number of benzene rings is 7. The van der Waals surface area contributed by atoms with Crippen molar-refractivity contribution in [2.75, 3.05) is 0 Å². The standard InChI is InChI=1S/C58H53N3O/c1-36(2)40-23-25-42(26-24-40)43-29-30-59-52(35-43)47-33-45(41-15-9-8-10-16-41)32-46(34-47)50-20-14-21-54-57(50)60-58(51-17-11-12-22-55(51)62)61(54)53-28-27-44(31-39(53)7)56-48(37(3)4)18-13-19-49(56)38(5)6/h8-38,62H,1-7H3/i7D3,36D,37D,38D. The van der Waals surface area contributed by atoms with E-state index in [0.717, 1.165) is 50.2 Å². The zero-order valence-electron chi connectivity index (χ0n) is 42.0. The van der Waals surface area contributed by atoms with E-state index in [4.69, 9.17) is 18.2 Å². The van der Waals surface area contributed by atoms with Crippen molar-refractivity contribution >= 4 is 11.0 Å². The Morgan fingerprint density at radius 3 is 1.89 bits per heavy atom. The number of aryl methyl sites for hydroxylation is 1. The van der Waals surface area contributed by atoms with Crippen molar-refractivity contribution in [2.45, 2.75) is 66.1 Å². The molecule has 0 saturated carbocycles.